The summed E-state index contributed by atoms with van der Waals surface area (Å²) in [5, 5.41) is 13.6. The van der Waals surface area contributed by atoms with E-state index in [-0.39, 0.29) is 12.5 Å². The van der Waals surface area contributed by atoms with Crippen LogP contribution in [0.25, 0.3) is 0 Å². The molecule has 3 rings (SSSR count). The molecule has 8 heteroatoms. The standard InChI is InChI=1S/C15H22N4O4/c1-17-12(2-4-16-17)10-13(20)18-5-7-19(8-6-18)15(14(21)22)3-9-23-11-15/h2,4H,3,5-11H2,1H3,(H,21,22). The smallest absolute Gasteiger partial charge is 0.326 e. The van der Waals surface area contributed by atoms with Crippen LogP contribution in [0.1, 0.15) is 12.1 Å². The van der Waals surface area contributed by atoms with E-state index in [1.807, 2.05) is 18.0 Å². The fourth-order valence-corrected chi connectivity index (χ4v) is 3.33. The molecule has 2 aliphatic rings. The summed E-state index contributed by atoms with van der Waals surface area (Å²) < 4.78 is 7.02. The third-order valence-electron chi connectivity index (χ3n) is 4.89. The number of carboxylic acid groups (broad SMARTS) is 1. The molecule has 2 saturated heterocycles. The highest BCUT2D eigenvalue weighted by molar-refractivity contribution is 5.80. The van der Waals surface area contributed by atoms with Gasteiger partial charge in [-0.2, -0.15) is 5.10 Å². The highest BCUT2D eigenvalue weighted by Gasteiger charge is 2.48. The number of hydrogen-bond acceptors (Lipinski definition) is 5. The average molecular weight is 322 g/mol. The molecule has 0 radical (unpaired) electrons. The summed E-state index contributed by atoms with van der Waals surface area (Å²) in [4.78, 5) is 27.8. The predicted octanol–water partition coefficient (Wildman–Crippen LogP) is -0.649. The highest BCUT2D eigenvalue weighted by atomic mass is 16.5. The van der Waals surface area contributed by atoms with E-state index < -0.39 is 11.5 Å². The molecule has 0 saturated carbocycles. The summed E-state index contributed by atoms with van der Waals surface area (Å²) in [7, 11) is 1.82. The average Bonchev–Trinajstić information content (AvgIpc) is 3.18. The van der Waals surface area contributed by atoms with Gasteiger partial charge in [0, 0.05) is 58.1 Å². The molecule has 23 heavy (non-hydrogen) atoms. The van der Waals surface area contributed by atoms with Gasteiger partial charge >= 0.3 is 5.97 Å². The van der Waals surface area contributed by atoms with Crippen molar-refractivity contribution < 1.29 is 19.4 Å². The minimum absolute atomic E-state index is 0.0558. The number of aromatic nitrogens is 2. The van der Waals surface area contributed by atoms with Gasteiger partial charge in [-0.15, -0.1) is 0 Å². The molecule has 3 heterocycles. The summed E-state index contributed by atoms with van der Waals surface area (Å²) in [5.74, 6) is -0.773. The Labute approximate surface area is 134 Å². The normalized spacial score (nSPS) is 25.7. The molecular weight excluding hydrogens is 300 g/mol. The van der Waals surface area contributed by atoms with Gasteiger partial charge in [-0.1, -0.05) is 0 Å². The SMILES string of the molecule is Cn1nccc1CC(=O)N1CCN(C2(C(=O)O)CCOC2)CC1. The van der Waals surface area contributed by atoms with E-state index in [9.17, 15) is 14.7 Å². The number of nitrogens with zero attached hydrogens (tertiary/aromatic N) is 4. The first kappa shape index (κ1) is 15.9. The summed E-state index contributed by atoms with van der Waals surface area (Å²) in [6.45, 7) is 2.92. The number of carbonyl (C=O) groups is 2. The summed E-state index contributed by atoms with van der Waals surface area (Å²) in [6.07, 6.45) is 2.51. The number of ether oxygens (including phenoxy) is 1. The lowest BCUT2D eigenvalue weighted by Gasteiger charge is -2.42. The molecule has 0 aliphatic carbocycles. The molecule has 1 atom stereocenters. The number of hydrogen-bond donors (Lipinski definition) is 1. The molecule has 1 unspecified atom stereocenters. The van der Waals surface area contributed by atoms with Crippen LogP contribution in [0.4, 0.5) is 0 Å². The molecule has 1 N–H and O–H groups in total. The van der Waals surface area contributed by atoms with Crippen LogP contribution < -0.4 is 0 Å². The fraction of sp³-hybridized carbons (Fsp3) is 0.667. The molecule has 8 nitrogen and oxygen atoms in total. The second-order valence-electron chi connectivity index (χ2n) is 6.13. The van der Waals surface area contributed by atoms with Crippen molar-refractivity contribution >= 4 is 11.9 Å². The van der Waals surface area contributed by atoms with Crippen LogP contribution in [0.3, 0.4) is 0 Å². The van der Waals surface area contributed by atoms with Crippen molar-refractivity contribution in [1.29, 1.82) is 0 Å². The molecule has 2 aliphatic heterocycles. The van der Waals surface area contributed by atoms with Gasteiger partial charge in [0.15, 0.2) is 0 Å². The Hall–Kier alpha value is -1.93. The number of aliphatic carboxylic acids is 1. The quantitative estimate of drug-likeness (QED) is 0.793. The van der Waals surface area contributed by atoms with Gasteiger partial charge in [-0.05, 0) is 6.07 Å². The number of piperazine rings is 1. The zero-order valence-electron chi connectivity index (χ0n) is 13.3. The number of carboxylic acids is 1. The van der Waals surface area contributed by atoms with Crippen LogP contribution >= 0.6 is 0 Å². The molecule has 0 aromatic carbocycles. The van der Waals surface area contributed by atoms with Crippen molar-refractivity contribution in [3.8, 4) is 0 Å². The third-order valence-corrected chi connectivity index (χ3v) is 4.89. The predicted molar refractivity (Wildman–Crippen MR) is 80.9 cm³/mol. The Bertz CT molecular complexity index is 586. The van der Waals surface area contributed by atoms with E-state index in [4.69, 9.17) is 4.74 Å². The van der Waals surface area contributed by atoms with Crippen molar-refractivity contribution in [2.75, 3.05) is 39.4 Å². The van der Waals surface area contributed by atoms with Crippen molar-refractivity contribution in [2.24, 2.45) is 7.05 Å². The van der Waals surface area contributed by atoms with Crippen LogP contribution in [0.15, 0.2) is 12.3 Å². The van der Waals surface area contributed by atoms with Crippen molar-refractivity contribution in [1.82, 2.24) is 19.6 Å². The summed E-state index contributed by atoms with van der Waals surface area (Å²) in [6, 6.07) is 1.84. The maximum absolute atomic E-state index is 12.4. The van der Waals surface area contributed by atoms with E-state index in [0.29, 0.717) is 45.6 Å². The first-order chi connectivity index (χ1) is 11.0. The van der Waals surface area contributed by atoms with Crippen molar-refractivity contribution in [3.63, 3.8) is 0 Å². The lowest BCUT2D eigenvalue weighted by atomic mass is 9.95. The maximum Gasteiger partial charge on any atom is 0.326 e. The molecule has 0 bridgehead atoms. The van der Waals surface area contributed by atoms with Gasteiger partial charge < -0.3 is 14.7 Å². The van der Waals surface area contributed by atoms with Crippen LogP contribution in [0, 0.1) is 0 Å². The molecule has 126 valence electrons. The van der Waals surface area contributed by atoms with E-state index in [2.05, 4.69) is 5.10 Å². The maximum atomic E-state index is 12.4. The van der Waals surface area contributed by atoms with E-state index in [0.717, 1.165) is 5.69 Å². The van der Waals surface area contributed by atoms with Crippen LogP contribution in [0.5, 0.6) is 0 Å². The summed E-state index contributed by atoms with van der Waals surface area (Å²) >= 11 is 0. The Morgan fingerprint density at radius 2 is 2.09 bits per heavy atom. The van der Waals surface area contributed by atoms with E-state index >= 15 is 0 Å². The van der Waals surface area contributed by atoms with Gasteiger partial charge in [0.05, 0.1) is 13.0 Å². The van der Waals surface area contributed by atoms with Crippen LogP contribution in [-0.2, 0) is 27.8 Å². The van der Waals surface area contributed by atoms with Gasteiger partial charge in [-0.25, -0.2) is 0 Å². The number of carbonyl (C=O) groups excluding carboxylic acids is 1. The number of aryl methyl sites for hydroxylation is 1. The van der Waals surface area contributed by atoms with Gasteiger partial charge in [-0.3, -0.25) is 19.2 Å². The number of amides is 1. The zero-order valence-corrected chi connectivity index (χ0v) is 13.3. The van der Waals surface area contributed by atoms with Crippen molar-refractivity contribution in [2.45, 2.75) is 18.4 Å². The Balaban J connectivity index is 1.59. The van der Waals surface area contributed by atoms with Gasteiger partial charge in [0.25, 0.3) is 0 Å². The van der Waals surface area contributed by atoms with Crippen molar-refractivity contribution in [3.05, 3.63) is 18.0 Å². The minimum atomic E-state index is -0.919. The molecule has 1 amide bonds. The topological polar surface area (TPSA) is 87.9 Å². The third kappa shape index (κ3) is 2.96. The Morgan fingerprint density at radius 3 is 2.61 bits per heavy atom. The highest BCUT2D eigenvalue weighted by Crippen LogP contribution is 2.28. The lowest BCUT2D eigenvalue weighted by Crippen LogP contribution is -2.62. The van der Waals surface area contributed by atoms with Crippen LogP contribution in [-0.4, -0.2) is 81.5 Å². The second-order valence-corrected chi connectivity index (χ2v) is 6.13. The first-order valence-corrected chi connectivity index (χ1v) is 7.84. The lowest BCUT2D eigenvalue weighted by molar-refractivity contribution is -0.153. The molecule has 1 aromatic heterocycles. The van der Waals surface area contributed by atoms with E-state index in [1.54, 1.807) is 15.8 Å². The zero-order chi connectivity index (χ0) is 16.4. The molecule has 2 fully saturated rings. The molecule has 1 aromatic rings. The Kier molecular flexibility index (Phi) is 4.36. The number of rotatable bonds is 4. The second kappa shape index (κ2) is 6.29. The Morgan fingerprint density at radius 1 is 1.35 bits per heavy atom. The monoisotopic (exact) mass is 322 g/mol. The molecule has 0 spiro atoms. The fourth-order valence-electron chi connectivity index (χ4n) is 3.33. The van der Waals surface area contributed by atoms with Gasteiger partial charge in [0.1, 0.15) is 5.54 Å². The van der Waals surface area contributed by atoms with E-state index in [1.165, 1.54) is 0 Å². The largest absolute Gasteiger partial charge is 0.480 e. The first-order valence-electron chi connectivity index (χ1n) is 7.84. The molecular formula is C15H22N4O4. The summed E-state index contributed by atoms with van der Waals surface area (Å²) in [5.41, 5.74) is -0.0411. The van der Waals surface area contributed by atoms with Gasteiger partial charge in [0.2, 0.25) is 5.91 Å². The van der Waals surface area contributed by atoms with Crippen LogP contribution in [0.2, 0.25) is 0 Å². The minimum Gasteiger partial charge on any atom is -0.480 e.